The van der Waals surface area contributed by atoms with Gasteiger partial charge in [-0.25, -0.2) is 0 Å². The molecule has 0 N–H and O–H groups in total. The quantitative estimate of drug-likeness (QED) is 0.560. The highest BCUT2D eigenvalue weighted by Crippen LogP contribution is 2.22. The van der Waals surface area contributed by atoms with Gasteiger partial charge in [-0.05, 0) is 17.2 Å². The number of halogens is 1. The molecule has 0 spiro atoms. The maximum absolute atomic E-state index is 10.9. The van der Waals surface area contributed by atoms with Crippen molar-refractivity contribution in [3.8, 4) is 0 Å². The summed E-state index contributed by atoms with van der Waals surface area (Å²) in [7, 11) is 0. The first-order valence-corrected chi connectivity index (χ1v) is 3.66. The number of carbonyl (C=O) groups excluding carboxylic acids is 1. The summed E-state index contributed by atoms with van der Waals surface area (Å²) >= 11 is 0. The third-order valence-electron chi connectivity index (χ3n) is 1.86. The van der Waals surface area contributed by atoms with E-state index in [-0.39, 0.29) is 18.2 Å². The number of allylic oxidation sites excluding steroid dienone is 8. The van der Waals surface area contributed by atoms with E-state index in [1.165, 1.54) is 5.57 Å². The summed E-state index contributed by atoms with van der Waals surface area (Å²) in [6, 6.07) is 0. The average molecular weight is 181 g/mol. The molecule has 62 valence electrons. The zero-order valence-corrected chi connectivity index (χ0v) is 7.30. The molecule has 0 aromatic rings. The first-order chi connectivity index (χ1) is 5.36. The molecule has 0 saturated heterocycles. The summed E-state index contributed by atoms with van der Waals surface area (Å²) in [4.78, 5) is 10.9. The molecule has 0 amide bonds. The number of hydrogen-bond acceptors (Lipinski definition) is 1. The molecule has 2 heteroatoms. The highest BCUT2D eigenvalue weighted by atomic mass is 35.5. The lowest BCUT2D eigenvalue weighted by Gasteiger charge is -1.92. The molecule has 0 unspecified atom stereocenters. The molecule has 0 aromatic heterocycles. The lowest BCUT2D eigenvalue weighted by Crippen LogP contribution is -1.85. The van der Waals surface area contributed by atoms with Crippen LogP contribution in [-0.4, -0.2) is 5.78 Å². The molecule has 0 fully saturated rings. The summed E-state index contributed by atoms with van der Waals surface area (Å²) < 4.78 is 0. The molecule has 0 heterocycles. The predicted octanol–water partition coefficient (Wildman–Crippen LogP) is 2.36. The molecule has 0 atom stereocenters. The lowest BCUT2D eigenvalue weighted by molar-refractivity contribution is -0.113. The predicted molar refractivity (Wildman–Crippen MR) is 51.3 cm³/mol. The molecule has 12 heavy (non-hydrogen) atoms. The van der Waals surface area contributed by atoms with Gasteiger partial charge < -0.3 is 0 Å². The van der Waals surface area contributed by atoms with Gasteiger partial charge >= 0.3 is 0 Å². The number of fused-ring (bicyclic) bond motifs is 1. The topological polar surface area (TPSA) is 17.1 Å². The van der Waals surface area contributed by atoms with Crippen LogP contribution in [0.3, 0.4) is 0 Å². The molecule has 0 bridgehead atoms. The van der Waals surface area contributed by atoms with Gasteiger partial charge in [0.25, 0.3) is 0 Å². The number of ketones is 1. The van der Waals surface area contributed by atoms with Gasteiger partial charge in [0, 0.05) is 6.42 Å². The van der Waals surface area contributed by atoms with Crippen LogP contribution in [0, 0.1) is 0 Å². The van der Waals surface area contributed by atoms with E-state index in [9.17, 15) is 4.79 Å². The van der Waals surface area contributed by atoms with Crippen LogP contribution in [0.25, 0.3) is 0 Å². The summed E-state index contributed by atoms with van der Waals surface area (Å²) in [5.74, 6) is 0.182. The molecule has 1 nitrogen and oxygen atoms in total. The number of hydrogen-bond donors (Lipinski definition) is 0. The van der Waals surface area contributed by atoms with E-state index >= 15 is 0 Å². The van der Waals surface area contributed by atoms with Crippen molar-refractivity contribution in [1.82, 2.24) is 0 Å². The van der Waals surface area contributed by atoms with Crippen LogP contribution in [0.1, 0.15) is 6.42 Å². The second kappa shape index (κ2) is 3.55. The Balaban J connectivity index is 0.000000720. The Bertz CT molecular complexity index is 319. The monoisotopic (exact) mass is 180 g/mol. The van der Waals surface area contributed by atoms with Gasteiger partial charge in [0.15, 0.2) is 5.78 Å². The highest BCUT2D eigenvalue weighted by Gasteiger charge is 2.07. The SMILES string of the molecule is Cl.O=C1C=CC2=CC=CC2=CC1. The van der Waals surface area contributed by atoms with Crippen molar-refractivity contribution >= 4 is 18.2 Å². The van der Waals surface area contributed by atoms with Crippen LogP contribution in [-0.2, 0) is 4.79 Å². The third-order valence-corrected chi connectivity index (χ3v) is 1.86. The zero-order chi connectivity index (χ0) is 7.68. The first-order valence-electron chi connectivity index (χ1n) is 3.66. The van der Waals surface area contributed by atoms with E-state index in [4.69, 9.17) is 0 Å². The van der Waals surface area contributed by atoms with E-state index in [0.29, 0.717) is 6.42 Å². The van der Waals surface area contributed by atoms with Crippen molar-refractivity contribution in [2.24, 2.45) is 0 Å². The summed E-state index contributed by atoms with van der Waals surface area (Å²) in [6.07, 6.45) is 12.1. The van der Waals surface area contributed by atoms with Gasteiger partial charge in [-0.2, -0.15) is 0 Å². The molecule has 0 radical (unpaired) electrons. The second-order valence-corrected chi connectivity index (χ2v) is 2.64. The number of carbonyl (C=O) groups is 1. The second-order valence-electron chi connectivity index (χ2n) is 2.64. The molecule has 0 saturated carbocycles. The van der Waals surface area contributed by atoms with E-state index in [0.717, 1.165) is 5.57 Å². The third kappa shape index (κ3) is 1.56. The fourth-order valence-corrected chi connectivity index (χ4v) is 1.25. The minimum absolute atomic E-state index is 0. The van der Waals surface area contributed by atoms with Crippen molar-refractivity contribution in [1.29, 1.82) is 0 Å². The van der Waals surface area contributed by atoms with E-state index in [2.05, 4.69) is 0 Å². The van der Waals surface area contributed by atoms with Crippen LogP contribution < -0.4 is 0 Å². The van der Waals surface area contributed by atoms with Crippen molar-refractivity contribution in [3.05, 3.63) is 47.6 Å². The van der Waals surface area contributed by atoms with Crippen LogP contribution in [0.4, 0.5) is 0 Å². The molecule has 2 aliphatic rings. The van der Waals surface area contributed by atoms with Gasteiger partial charge in [-0.3, -0.25) is 4.79 Å². The molecule has 0 aromatic carbocycles. The van der Waals surface area contributed by atoms with Gasteiger partial charge in [-0.15, -0.1) is 12.4 Å². The maximum Gasteiger partial charge on any atom is 0.159 e. The Labute approximate surface area is 77.6 Å². The van der Waals surface area contributed by atoms with Gasteiger partial charge in [0.1, 0.15) is 0 Å². The molecule has 2 aliphatic carbocycles. The van der Waals surface area contributed by atoms with Crippen molar-refractivity contribution < 1.29 is 4.79 Å². The van der Waals surface area contributed by atoms with E-state index in [1.807, 2.05) is 30.4 Å². The van der Waals surface area contributed by atoms with Crippen molar-refractivity contribution in [2.45, 2.75) is 6.42 Å². The fraction of sp³-hybridized carbons (Fsp3) is 0.100. The van der Waals surface area contributed by atoms with Crippen LogP contribution >= 0.6 is 12.4 Å². The summed E-state index contributed by atoms with van der Waals surface area (Å²) in [5, 5.41) is 0. The minimum atomic E-state index is 0. The first kappa shape index (κ1) is 9.01. The molecule has 2 rings (SSSR count). The Morgan fingerprint density at radius 2 is 1.92 bits per heavy atom. The smallest absolute Gasteiger partial charge is 0.159 e. The largest absolute Gasteiger partial charge is 0.295 e. The van der Waals surface area contributed by atoms with Crippen molar-refractivity contribution in [2.75, 3.05) is 0 Å². The average Bonchev–Trinajstić information content (AvgIpc) is 2.38. The van der Waals surface area contributed by atoms with Crippen LogP contribution in [0.15, 0.2) is 47.6 Å². The van der Waals surface area contributed by atoms with E-state index < -0.39 is 0 Å². The molecular weight excluding hydrogens is 172 g/mol. The van der Waals surface area contributed by atoms with Crippen molar-refractivity contribution in [3.63, 3.8) is 0 Å². The Morgan fingerprint density at radius 3 is 2.75 bits per heavy atom. The van der Waals surface area contributed by atoms with Crippen LogP contribution in [0.5, 0.6) is 0 Å². The Morgan fingerprint density at radius 1 is 1.08 bits per heavy atom. The minimum Gasteiger partial charge on any atom is -0.295 e. The normalized spacial score (nSPS) is 19.2. The zero-order valence-electron chi connectivity index (χ0n) is 6.49. The van der Waals surface area contributed by atoms with Crippen LogP contribution in [0.2, 0.25) is 0 Å². The lowest BCUT2D eigenvalue weighted by atomic mass is 10.1. The Hall–Kier alpha value is -1.08. The highest BCUT2D eigenvalue weighted by molar-refractivity contribution is 5.92. The van der Waals surface area contributed by atoms with Gasteiger partial charge in [-0.1, -0.05) is 30.4 Å². The van der Waals surface area contributed by atoms with Gasteiger partial charge in [0.05, 0.1) is 0 Å². The molecule has 0 aliphatic heterocycles. The maximum atomic E-state index is 10.9. The Kier molecular flexibility index (Phi) is 2.66. The fourth-order valence-electron chi connectivity index (χ4n) is 1.25. The molecular formula is C10H9ClO. The standard InChI is InChI=1S/C10H8O.ClH/c11-10-6-4-8-2-1-3-9(8)5-7-10;/h1-6H,7H2;1H. The summed E-state index contributed by atoms with van der Waals surface area (Å²) in [6.45, 7) is 0. The van der Waals surface area contributed by atoms with Gasteiger partial charge in [0.2, 0.25) is 0 Å². The van der Waals surface area contributed by atoms with E-state index in [1.54, 1.807) is 6.08 Å². The summed E-state index contributed by atoms with van der Waals surface area (Å²) in [5.41, 5.74) is 2.32. The number of rotatable bonds is 0.